The monoisotopic (exact) mass is 205 g/mol. The zero-order valence-electron chi connectivity index (χ0n) is 7.14. The minimum atomic E-state index is 0.424. The first kappa shape index (κ1) is 8.97. The summed E-state index contributed by atoms with van der Waals surface area (Å²) in [5.41, 5.74) is 0. The van der Waals surface area contributed by atoms with Gasteiger partial charge >= 0.3 is 0 Å². The molecule has 0 unspecified atom stereocenters. The first-order valence-electron chi connectivity index (χ1n) is 3.97. The fourth-order valence-electron chi connectivity index (χ4n) is 0.945. The number of ether oxygens (including phenoxy) is 1. The zero-order valence-corrected chi connectivity index (χ0v) is 7.90. The lowest BCUT2D eigenvalue weighted by molar-refractivity contribution is 0.461. The van der Waals surface area contributed by atoms with Gasteiger partial charge in [-0.15, -0.1) is 0 Å². The molecule has 1 radical (unpaired) electrons. The van der Waals surface area contributed by atoms with Gasteiger partial charge in [-0.3, -0.25) is 0 Å². The van der Waals surface area contributed by atoms with Crippen molar-refractivity contribution < 1.29 is 4.74 Å². The highest BCUT2D eigenvalue weighted by molar-refractivity contribution is 6.32. The van der Waals surface area contributed by atoms with Crippen molar-refractivity contribution in [1.82, 2.24) is 9.97 Å². The van der Waals surface area contributed by atoms with Crippen LogP contribution < -0.4 is 4.74 Å². The van der Waals surface area contributed by atoms with Crippen LogP contribution in [0.4, 0.5) is 0 Å². The van der Waals surface area contributed by atoms with Crippen molar-refractivity contribution in [3.63, 3.8) is 0 Å². The van der Waals surface area contributed by atoms with Crippen molar-refractivity contribution in [1.29, 1.82) is 0 Å². The van der Waals surface area contributed by atoms with Crippen LogP contribution in [0.2, 0.25) is 5.02 Å². The molecule has 0 atom stereocenters. The third-order valence-corrected chi connectivity index (χ3v) is 1.87. The van der Waals surface area contributed by atoms with Crippen molar-refractivity contribution in [2.45, 2.75) is 0 Å². The minimum absolute atomic E-state index is 0.424. The number of rotatable bonds is 2. The molecule has 0 spiro atoms. The number of benzene rings is 1. The van der Waals surface area contributed by atoms with E-state index in [1.165, 1.54) is 6.33 Å². The predicted molar refractivity (Wildman–Crippen MR) is 52.4 cm³/mol. The van der Waals surface area contributed by atoms with Gasteiger partial charge in [-0.05, 0) is 12.1 Å². The lowest BCUT2D eigenvalue weighted by atomic mass is 10.3. The van der Waals surface area contributed by atoms with E-state index in [0.717, 1.165) is 0 Å². The van der Waals surface area contributed by atoms with E-state index >= 15 is 0 Å². The molecule has 14 heavy (non-hydrogen) atoms. The van der Waals surface area contributed by atoms with Gasteiger partial charge in [0.05, 0.1) is 11.2 Å². The molecule has 1 heterocycles. The Kier molecular flexibility index (Phi) is 2.60. The molecule has 2 aromatic rings. The Bertz CT molecular complexity index is 419. The largest absolute Gasteiger partial charge is 0.437 e. The van der Waals surface area contributed by atoms with Crippen LogP contribution in [0.3, 0.4) is 0 Å². The first-order valence-corrected chi connectivity index (χ1v) is 4.34. The van der Waals surface area contributed by atoms with Gasteiger partial charge in [0, 0.05) is 6.07 Å². The number of para-hydroxylation sites is 1. The van der Waals surface area contributed by atoms with E-state index < -0.39 is 0 Å². The van der Waals surface area contributed by atoms with Crippen molar-refractivity contribution in [2.75, 3.05) is 0 Å². The lowest BCUT2D eigenvalue weighted by Crippen LogP contribution is -1.88. The van der Waals surface area contributed by atoms with E-state index in [2.05, 4.69) is 16.2 Å². The van der Waals surface area contributed by atoms with Crippen LogP contribution in [0.1, 0.15) is 0 Å². The third-order valence-electron chi connectivity index (χ3n) is 1.56. The van der Waals surface area contributed by atoms with E-state index in [1.807, 2.05) is 12.1 Å². The SMILES string of the molecule is Clc1ccccc1Oc1c[c]ncn1. The molecular formula is C10H6ClN2O. The Morgan fingerprint density at radius 1 is 1.29 bits per heavy atom. The van der Waals surface area contributed by atoms with E-state index in [1.54, 1.807) is 18.2 Å². The first-order chi connectivity index (χ1) is 6.86. The molecule has 0 N–H and O–H groups in total. The van der Waals surface area contributed by atoms with Gasteiger partial charge in [0.2, 0.25) is 5.88 Å². The van der Waals surface area contributed by atoms with Crippen LogP contribution in [0, 0.1) is 6.20 Å². The van der Waals surface area contributed by atoms with Crippen molar-refractivity contribution in [3.8, 4) is 11.6 Å². The summed E-state index contributed by atoms with van der Waals surface area (Å²) in [4.78, 5) is 7.55. The average molecular weight is 206 g/mol. The molecule has 0 bridgehead atoms. The topological polar surface area (TPSA) is 35.0 Å². The van der Waals surface area contributed by atoms with Gasteiger partial charge in [-0.1, -0.05) is 23.7 Å². The highest BCUT2D eigenvalue weighted by Crippen LogP contribution is 2.26. The molecule has 0 aliphatic rings. The summed E-state index contributed by atoms with van der Waals surface area (Å²) in [6.07, 6.45) is 3.99. The fraction of sp³-hybridized carbons (Fsp3) is 0. The Balaban J connectivity index is 2.24. The molecule has 1 aromatic heterocycles. The average Bonchev–Trinajstić information content (AvgIpc) is 2.23. The van der Waals surface area contributed by atoms with E-state index in [9.17, 15) is 0 Å². The van der Waals surface area contributed by atoms with Crippen molar-refractivity contribution in [3.05, 3.63) is 47.9 Å². The van der Waals surface area contributed by atoms with E-state index in [0.29, 0.717) is 16.7 Å². The van der Waals surface area contributed by atoms with Crippen LogP contribution in [0.5, 0.6) is 11.6 Å². The fourth-order valence-corrected chi connectivity index (χ4v) is 1.12. The molecule has 1 aromatic carbocycles. The Hall–Kier alpha value is -1.61. The van der Waals surface area contributed by atoms with Crippen LogP contribution in [-0.2, 0) is 0 Å². The number of hydrogen-bond donors (Lipinski definition) is 0. The molecule has 69 valence electrons. The summed E-state index contributed by atoms with van der Waals surface area (Å²) in [5, 5.41) is 0.547. The highest BCUT2D eigenvalue weighted by atomic mass is 35.5. The maximum Gasteiger partial charge on any atom is 0.223 e. The summed E-state index contributed by atoms with van der Waals surface area (Å²) in [6.45, 7) is 0. The summed E-state index contributed by atoms with van der Waals surface area (Å²) in [6, 6.07) is 8.74. The van der Waals surface area contributed by atoms with Gasteiger partial charge < -0.3 is 4.74 Å². The Morgan fingerprint density at radius 3 is 2.86 bits per heavy atom. The predicted octanol–water partition coefficient (Wildman–Crippen LogP) is 2.72. The molecule has 0 saturated heterocycles. The lowest BCUT2D eigenvalue weighted by Gasteiger charge is -2.04. The molecule has 0 saturated carbocycles. The maximum absolute atomic E-state index is 5.90. The standard InChI is InChI=1S/C10H6ClN2O/c11-8-3-1-2-4-9(8)14-10-5-6-12-7-13-10/h1-5,7H. The van der Waals surface area contributed by atoms with Gasteiger partial charge in [0.25, 0.3) is 0 Å². The van der Waals surface area contributed by atoms with Gasteiger partial charge in [0.15, 0.2) is 0 Å². The van der Waals surface area contributed by atoms with Gasteiger partial charge in [0.1, 0.15) is 12.1 Å². The van der Waals surface area contributed by atoms with Crippen molar-refractivity contribution >= 4 is 11.6 Å². The molecule has 2 rings (SSSR count). The summed E-state index contributed by atoms with van der Waals surface area (Å²) < 4.78 is 5.39. The molecule has 0 fully saturated rings. The van der Waals surface area contributed by atoms with Crippen LogP contribution in [0.15, 0.2) is 36.7 Å². The Morgan fingerprint density at radius 2 is 2.14 bits per heavy atom. The molecule has 4 heteroatoms. The summed E-state index contributed by atoms with van der Waals surface area (Å²) >= 11 is 5.90. The second-order valence-corrected chi connectivity index (χ2v) is 2.93. The third kappa shape index (κ3) is 2.00. The van der Waals surface area contributed by atoms with Crippen LogP contribution in [-0.4, -0.2) is 9.97 Å². The second kappa shape index (κ2) is 4.07. The number of halogens is 1. The minimum Gasteiger partial charge on any atom is -0.437 e. The number of hydrogen-bond acceptors (Lipinski definition) is 3. The zero-order chi connectivity index (χ0) is 9.80. The normalized spacial score (nSPS) is 9.79. The van der Waals surface area contributed by atoms with Crippen LogP contribution in [0.25, 0.3) is 0 Å². The highest BCUT2D eigenvalue weighted by Gasteiger charge is 2.01. The van der Waals surface area contributed by atoms with E-state index in [4.69, 9.17) is 16.3 Å². The van der Waals surface area contributed by atoms with Gasteiger partial charge in [-0.2, -0.15) is 0 Å². The molecule has 0 amide bonds. The molecule has 0 aliphatic heterocycles. The molecule has 3 nitrogen and oxygen atoms in total. The van der Waals surface area contributed by atoms with Gasteiger partial charge in [-0.25, -0.2) is 9.97 Å². The summed E-state index contributed by atoms with van der Waals surface area (Å²) in [5.74, 6) is 0.995. The quantitative estimate of drug-likeness (QED) is 0.756. The van der Waals surface area contributed by atoms with Crippen molar-refractivity contribution in [2.24, 2.45) is 0 Å². The van der Waals surface area contributed by atoms with E-state index in [-0.39, 0.29) is 0 Å². The Labute approximate surface area is 86.3 Å². The molecule has 0 aliphatic carbocycles. The maximum atomic E-state index is 5.90. The smallest absolute Gasteiger partial charge is 0.223 e. The summed E-state index contributed by atoms with van der Waals surface area (Å²) in [7, 11) is 0. The number of nitrogens with zero attached hydrogens (tertiary/aromatic N) is 2. The van der Waals surface area contributed by atoms with Crippen LogP contribution >= 0.6 is 11.6 Å². The number of aromatic nitrogens is 2. The second-order valence-electron chi connectivity index (χ2n) is 2.52. The molecular weight excluding hydrogens is 200 g/mol.